The van der Waals surface area contributed by atoms with Gasteiger partial charge >= 0.3 is 0 Å². The van der Waals surface area contributed by atoms with E-state index in [1.807, 2.05) is 0 Å². The molecule has 0 aromatic heterocycles. The first-order valence-corrected chi connectivity index (χ1v) is 17.0. The van der Waals surface area contributed by atoms with Gasteiger partial charge in [-0.3, -0.25) is 0 Å². The van der Waals surface area contributed by atoms with Crippen molar-refractivity contribution in [2.24, 2.45) is 21.7 Å². The highest BCUT2D eigenvalue weighted by Crippen LogP contribution is 2.64. The number of hydrogen-bond donors (Lipinski definition) is 0. The number of hydrogen-bond acceptors (Lipinski definition) is 0. The molecule has 0 nitrogen and oxygen atoms in total. The topological polar surface area (TPSA) is 0 Å². The second-order valence-electron chi connectivity index (χ2n) is 16.3. The molecule has 0 spiro atoms. The summed E-state index contributed by atoms with van der Waals surface area (Å²) in [7, 11) is 5.07. The molecule has 0 radical (unpaired) electrons. The molecular weight excluding hydrogens is 450 g/mol. The Balaban J connectivity index is 4.39. The van der Waals surface area contributed by atoms with Gasteiger partial charge in [0.05, 0.1) is 8.07 Å². The summed E-state index contributed by atoms with van der Waals surface area (Å²) >= 11 is 0. The maximum Gasteiger partial charge on any atom is 0.0859 e. The van der Waals surface area contributed by atoms with Gasteiger partial charge in [-0.2, -0.15) is 0 Å². The largest absolute Gasteiger partial charge is 0.125 e. The van der Waals surface area contributed by atoms with Crippen LogP contribution in [0.5, 0.6) is 0 Å². The van der Waals surface area contributed by atoms with Gasteiger partial charge in [-0.15, -0.1) is 18.5 Å². The van der Waals surface area contributed by atoms with E-state index < -0.39 is 8.07 Å². The normalized spacial score (nSPS) is 15.7. The standard InChI is InChI=1S/C30H58P2Si/c1-24(2,3)29(31,25(4,5)6)22-19-18-21(33(16,17)28(13,14)15)20-23(22)30(32,26(7,8)9)27(10,11)12/h18-20H,31-32H2,1-17H3. The third-order valence-electron chi connectivity index (χ3n) is 9.20. The van der Waals surface area contributed by atoms with Gasteiger partial charge in [0.1, 0.15) is 0 Å². The van der Waals surface area contributed by atoms with Crippen LogP contribution in [0.4, 0.5) is 0 Å². The van der Waals surface area contributed by atoms with E-state index in [1.54, 1.807) is 5.19 Å². The molecule has 0 heterocycles. The quantitative estimate of drug-likeness (QED) is 0.281. The minimum atomic E-state index is -1.70. The van der Waals surface area contributed by atoms with Crippen molar-refractivity contribution >= 4 is 31.7 Å². The third kappa shape index (κ3) is 5.09. The van der Waals surface area contributed by atoms with E-state index in [9.17, 15) is 0 Å². The van der Waals surface area contributed by atoms with Gasteiger partial charge in [0.2, 0.25) is 0 Å². The molecule has 3 heteroatoms. The van der Waals surface area contributed by atoms with Crippen molar-refractivity contribution in [3.63, 3.8) is 0 Å². The van der Waals surface area contributed by atoms with Gasteiger partial charge < -0.3 is 0 Å². The molecule has 0 fully saturated rings. The second kappa shape index (κ2) is 8.70. The van der Waals surface area contributed by atoms with Crippen molar-refractivity contribution in [3.05, 3.63) is 29.3 Å². The summed E-state index contributed by atoms with van der Waals surface area (Å²) in [6, 6.07) is 7.65. The van der Waals surface area contributed by atoms with E-state index >= 15 is 0 Å². The van der Waals surface area contributed by atoms with Crippen molar-refractivity contribution in [1.82, 2.24) is 0 Å². The van der Waals surface area contributed by atoms with Crippen molar-refractivity contribution in [2.45, 2.75) is 132 Å². The molecule has 0 bridgehead atoms. The first-order valence-electron chi connectivity index (χ1n) is 12.8. The number of rotatable bonds is 3. The Kier molecular flexibility index (Phi) is 8.26. The van der Waals surface area contributed by atoms with Crippen LogP contribution in [0.25, 0.3) is 0 Å². The van der Waals surface area contributed by atoms with E-state index in [0.717, 1.165) is 0 Å². The summed E-state index contributed by atoms with van der Waals surface area (Å²) in [4.78, 5) is 0. The fraction of sp³-hybridized carbons (Fsp3) is 0.800. The molecule has 1 rings (SSSR count). The SMILES string of the molecule is CC(C)(C)C(P)(c1ccc([Si](C)(C)C(C)(C)C)cc1C(P)(C(C)(C)C)C(C)(C)C)C(C)(C)C. The van der Waals surface area contributed by atoms with Gasteiger partial charge in [-0.05, 0) is 37.8 Å². The average molecular weight is 509 g/mol. The highest BCUT2D eigenvalue weighted by molar-refractivity contribution is 7.19. The Labute approximate surface area is 214 Å². The fourth-order valence-electron chi connectivity index (χ4n) is 5.90. The lowest BCUT2D eigenvalue weighted by molar-refractivity contribution is 0.118. The van der Waals surface area contributed by atoms with Crippen LogP contribution in [0, 0.1) is 21.7 Å². The zero-order chi connectivity index (χ0) is 26.9. The molecule has 0 saturated carbocycles. The summed E-state index contributed by atoms with van der Waals surface area (Å²) in [6.07, 6.45) is 0. The van der Waals surface area contributed by atoms with Crippen LogP contribution >= 0.6 is 18.5 Å². The van der Waals surface area contributed by atoms with Crippen molar-refractivity contribution in [2.75, 3.05) is 0 Å². The monoisotopic (exact) mass is 508 g/mol. The molecule has 0 amide bonds. The highest BCUT2D eigenvalue weighted by atomic mass is 31.0. The second-order valence-corrected chi connectivity index (χ2v) is 23.3. The lowest BCUT2D eigenvalue weighted by Crippen LogP contribution is -2.53. The van der Waals surface area contributed by atoms with E-state index in [1.165, 1.54) is 11.1 Å². The van der Waals surface area contributed by atoms with Crippen LogP contribution in [-0.2, 0) is 10.3 Å². The molecule has 0 N–H and O–H groups in total. The van der Waals surface area contributed by atoms with Gasteiger partial charge in [-0.1, -0.05) is 140 Å². The van der Waals surface area contributed by atoms with Gasteiger partial charge in [-0.25, -0.2) is 0 Å². The van der Waals surface area contributed by atoms with Crippen LogP contribution in [0.1, 0.15) is 115 Å². The lowest BCUT2D eigenvalue weighted by Gasteiger charge is -2.58. The van der Waals surface area contributed by atoms with Gasteiger partial charge in [0.25, 0.3) is 0 Å². The van der Waals surface area contributed by atoms with Crippen LogP contribution in [0.2, 0.25) is 18.1 Å². The molecular formula is C30H58P2Si. The van der Waals surface area contributed by atoms with Crippen LogP contribution < -0.4 is 5.19 Å². The Hall–Kier alpha value is 0.297. The summed E-state index contributed by atoms with van der Waals surface area (Å²) in [5, 5.41) is 1.69. The molecule has 1 aromatic carbocycles. The molecule has 192 valence electrons. The van der Waals surface area contributed by atoms with Crippen molar-refractivity contribution in [1.29, 1.82) is 0 Å². The van der Waals surface area contributed by atoms with Gasteiger partial charge in [0.15, 0.2) is 0 Å². The first-order chi connectivity index (χ1) is 14.1. The van der Waals surface area contributed by atoms with Crippen LogP contribution in [0.15, 0.2) is 18.2 Å². The first kappa shape index (κ1) is 31.3. The lowest BCUT2D eigenvalue weighted by atomic mass is 9.56. The predicted octanol–water partition coefficient (Wildman–Crippen LogP) is 9.73. The van der Waals surface area contributed by atoms with Crippen LogP contribution in [0.3, 0.4) is 0 Å². The van der Waals surface area contributed by atoms with Crippen molar-refractivity contribution < 1.29 is 0 Å². The zero-order valence-corrected chi connectivity index (χ0v) is 28.7. The van der Waals surface area contributed by atoms with E-state index in [0.29, 0.717) is 5.04 Å². The Morgan fingerprint density at radius 1 is 0.515 bits per heavy atom. The zero-order valence-electron chi connectivity index (χ0n) is 25.4. The van der Waals surface area contributed by atoms with Crippen molar-refractivity contribution in [3.8, 4) is 0 Å². The van der Waals surface area contributed by atoms with E-state index in [-0.39, 0.29) is 32.0 Å². The molecule has 2 unspecified atom stereocenters. The molecule has 0 aliphatic rings. The molecule has 33 heavy (non-hydrogen) atoms. The summed E-state index contributed by atoms with van der Waals surface area (Å²) < 4.78 is 0. The number of benzene rings is 1. The highest BCUT2D eigenvalue weighted by Gasteiger charge is 2.55. The smallest absolute Gasteiger partial charge is 0.0859 e. The van der Waals surface area contributed by atoms with Gasteiger partial charge in [0, 0.05) is 10.3 Å². The molecule has 1 aromatic rings. The Bertz CT molecular complexity index is 816. The molecule has 0 aliphatic heterocycles. The maximum absolute atomic E-state index is 3.40. The predicted molar refractivity (Wildman–Crippen MR) is 164 cm³/mol. The Morgan fingerprint density at radius 2 is 0.818 bits per heavy atom. The third-order valence-corrected chi connectivity index (χ3v) is 18.8. The van der Waals surface area contributed by atoms with E-state index in [4.69, 9.17) is 0 Å². The average Bonchev–Trinajstić information content (AvgIpc) is 2.54. The minimum Gasteiger partial charge on any atom is -0.125 e. The molecule has 0 aliphatic carbocycles. The fourth-order valence-corrected chi connectivity index (χ4v) is 8.26. The summed E-state index contributed by atoms with van der Waals surface area (Å²) in [5.41, 5.74) is 3.30. The maximum atomic E-state index is 3.40. The molecule has 0 saturated heterocycles. The Morgan fingerprint density at radius 3 is 1.09 bits per heavy atom. The minimum absolute atomic E-state index is 0.0675. The molecule has 2 atom stereocenters. The van der Waals surface area contributed by atoms with E-state index in [2.05, 4.69) is 154 Å². The van der Waals surface area contributed by atoms with Crippen LogP contribution in [-0.4, -0.2) is 8.07 Å². The summed E-state index contributed by atoms with van der Waals surface area (Å²) in [5.74, 6) is 0. The summed E-state index contributed by atoms with van der Waals surface area (Å²) in [6.45, 7) is 41.4.